The summed E-state index contributed by atoms with van der Waals surface area (Å²) in [5.74, 6) is 0. The Morgan fingerprint density at radius 1 is 0.895 bits per heavy atom. The quantitative estimate of drug-likeness (QED) is 0.573. The van der Waals surface area contributed by atoms with Crippen molar-refractivity contribution in [1.29, 1.82) is 0 Å². The molecule has 0 aliphatic rings. The fourth-order valence-electron chi connectivity index (χ4n) is 1.93. The summed E-state index contributed by atoms with van der Waals surface area (Å²) in [5, 5.41) is 2.04. The predicted molar refractivity (Wildman–Crippen MR) is 80.0 cm³/mol. The fraction of sp³-hybridized carbons (Fsp3) is 0. The molecule has 3 rings (SSSR count). The van der Waals surface area contributed by atoms with Crippen LogP contribution in [-0.4, -0.2) is 9.97 Å². The average Bonchev–Trinajstić information content (AvgIpc) is 2.42. The molecule has 0 amide bonds. The van der Waals surface area contributed by atoms with E-state index in [1.807, 2.05) is 30.3 Å². The molecule has 2 nitrogen and oxygen atoms in total. The molecule has 94 valence electrons. The zero-order valence-corrected chi connectivity index (χ0v) is 11.8. The van der Waals surface area contributed by atoms with Crippen LogP contribution < -0.4 is 0 Å². The minimum Gasteiger partial charge on any atom is -0.256 e. The van der Waals surface area contributed by atoms with E-state index in [2.05, 4.69) is 9.97 Å². The summed E-state index contributed by atoms with van der Waals surface area (Å²) in [5.41, 5.74) is 2.25. The van der Waals surface area contributed by atoms with Gasteiger partial charge in [-0.05, 0) is 12.1 Å². The Morgan fingerprint density at radius 2 is 1.68 bits per heavy atom. The topological polar surface area (TPSA) is 25.8 Å². The minimum atomic E-state index is 0.231. The van der Waals surface area contributed by atoms with Gasteiger partial charge in [0, 0.05) is 17.1 Å². The van der Waals surface area contributed by atoms with Crippen molar-refractivity contribution in [3.8, 4) is 11.3 Å². The molecule has 0 fully saturated rings. The molecule has 1 aromatic carbocycles. The smallest absolute Gasteiger partial charge is 0.148 e. The van der Waals surface area contributed by atoms with Crippen LogP contribution in [0.3, 0.4) is 0 Å². The maximum Gasteiger partial charge on any atom is 0.148 e. The highest BCUT2D eigenvalue weighted by molar-refractivity contribution is 6.43. The third kappa shape index (κ3) is 2.27. The van der Waals surface area contributed by atoms with Crippen molar-refractivity contribution >= 4 is 45.7 Å². The summed E-state index contributed by atoms with van der Waals surface area (Å²) < 4.78 is 0. The second kappa shape index (κ2) is 4.97. The van der Waals surface area contributed by atoms with E-state index in [9.17, 15) is 0 Å². The van der Waals surface area contributed by atoms with Gasteiger partial charge in [-0.3, -0.25) is 4.98 Å². The van der Waals surface area contributed by atoms with Crippen LogP contribution in [0.15, 0.2) is 42.6 Å². The molecule has 0 bridgehead atoms. The molecule has 19 heavy (non-hydrogen) atoms. The molecular weight excluding hydrogens is 303 g/mol. The summed E-state index contributed by atoms with van der Waals surface area (Å²) in [7, 11) is 0. The number of halogens is 3. The first-order chi connectivity index (χ1) is 9.16. The number of para-hydroxylation sites is 1. The first-order valence-electron chi connectivity index (χ1n) is 5.52. The Balaban J connectivity index is 2.33. The van der Waals surface area contributed by atoms with Crippen molar-refractivity contribution in [1.82, 2.24) is 9.97 Å². The molecule has 5 heteroatoms. The maximum atomic E-state index is 6.20. The van der Waals surface area contributed by atoms with Gasteiger partial charge in [0.2, 0.25) is 0 Å². The summed E-state index contributed by atoms with van der Waals surface area (Å²) in [6, 6.07) is 11.3. The van der Waals surface area contributed by atoms with Gasteiger partial charge in [0.05, 0.1) is 21.3 Å². The molecule has 0 atom stereocenters. The van der Waals surface area contributed by atoms with Gasteiger partial charge in [-0.15, -0.1) is 0 Å². The van der Waals surface area contributed by atoms with E-state index in [0.717, 1.165) is 16.5 Å². The van der Waals surface area contributed by atoms with Crippen molar-refractivity contribution in [2.75, 3.05) is 0 Å². The number of pyridine rings is 2. The lowest BCUT2D eigenvalue weighted by molar-refractivity contribution is 1.32. The first-order valence-corrected chi connectivity index (χ1v) is 6.66. The van der Waals surface area contributed by atoms with Crippen LogP contribution in [0.4, 0.5) is 0 Å². The molecular formula is C14H7Cl3N2. The third-order valence-corrected chi connectivity index (χ3v) is 3.74. The van der Waals surface area contributed by atoms with Gasteiger partial charge < -0.3 is 0 Å². The van der Waals surface area contributed by atoms with Crippen molar-refractivity contribution in [3.63, 3.8) is 0 Å². The van der Waals surface area contributed by atoms with E-state index in [1.54, 1.807) is 12.3 Å². The van der Waals surface area contributed by atoms with Gasteiger partial charge in [-0.1, -0.05) is 59.1 Å². The van der Waals surface area contributed by atoms with E-state index in [4.69, 9.17) is 34.8 Å². The van der Waals surface area contributed by atoms with E-state index >= 15 is 0 Å². The van der Waals surface area contributed by atoms with Crippen LogP contribution in [0.1, 0.15) is 0 Å². The molecule has 0 N–H and O–H groups in total. The second-order valence-corrected chi connectivity index (χ2v) is 5.14. The highest BCUT2D eigenvalue weighted by atomic mass is 35.5. The molecule has 2 heterocycles. The second-order valence-electron chi connectivity index (χ2n) is 3.97. The largest absolute Gasteiger partial charge is 0.256 e. The standard InChI is InChI=1S/C14H7Cl3N2/c15-10-7-11(16)14(17)19-13(10)9-5-1-3-8-4-2-6-18-12(8)9/h1-7H. The molecule has 0 spiro atoms. The molecule has 0 aliphatic carbocycles. The van der Waals surface area contributed by atoms with Gasteiger partial charge >= 0.3 is 0 Å². The van der Waals surface area contributed by atoms with Crippen molar-refractivity contribution < 1.29 is 0 Å². The Hall–Kier alpha value is -1.35. The number of fused-ring (bicyclic) bond motifs is 1. The van der Waals surface area contributed by atoms with E-state index in [1.165, 1.54) is 0 Å². The van der Waals surface area contributed by atoms with E-state index < -0.39 is 0 Å². The summed E-state index contributed by atoms with van der Waals surface area (Å²) in [6.07, 6.45) is 1.73. The number of hydrogen-bond donors (Lipinski definition) is 0. The van der Waals surface area contributed by atoms with E-state index in [-0.39, 0.29) is 5.15 Å². The van der Waals surface area contributed by atoms with Crippen LogP contribution in [-0.2, 0) is 0 Å². The van der Waals surface area contributed by atoms with Crippen LogP contribution >= 0.6 is 34.8 Å². The van der Waals surface area contributed by atoms with Crippen LogP contribution in [0.5, 0.6) is 0 Å². The first kappa shape index (κ1) is 12.7. The normalized spacial score (nSPS) is 10.9. The van der Waals surface area contributed by atoms with Crippen molar-refractivity contribution in [2.24, 2.45) is 0 Å². The third-order valence-electron chi connectivity index (χ3n) is 2.77. The number of aromatic nitrogens is 2. The fourth-order valence-corrected chi connectivity index (χ4v) is 2.53. The van der Waals surface area contributed by atoms with Crippen molar-refractivity contribution in [3.05, 3.63) is 57.8 Å². The zero-order chi connectivity index (χ0) is 13.4. The molecule has 0 unspecified atom stereocenters. The van der Waals surface area contributed by atoms with Gasteiger partial charge in [-0.25, -0.2) is 4.98 Å². The van der Waals surface area contributed by atoms with Gasteiger partial charge in [0.1, 0.15) is 5.15 Å². The highest BCUT2D eigenvalue weighted by Gasteiger charge is 2.13. The Kier molecular flexibility index (Phi) is 3.31. The summed E-state index contributed by atoms with van der Waals surface area (Å²) in [6.45, 7) is 0. The molecule has 3 aromatic rings. The molecule has 0 saturated carbocycles. The average molecular weight is 310 g/mol. The molecule has 0 aliphatic heterocycles. The predicted octanol–water partition coefficient (Wildman–Crippen LogP) is 5.26. The zero-order valence-electron chi connectivity index (χ0n) is 9.57. The summed E-state index contributed by atoms with van der Waals surface area (Å²) >= 11 is 18.1. The van der Waals surface area contributed by atoms with E-state index in [0.29, 0.717) is 15.7 Å². The number of rotatable bonds is 1. The summed E-state index contributed by atoms with van der Waals surface area (Å²) in [4.78, 5) is 8.63. The Morgan fingerprint density at radius 3 is 2.53 bits per heavy atom. The SMILES string of the molecule is Clc1cc(Cl)c(-c2cccc3cccnc23)nc1Cl. The van der Waals surface area contributed by atoms with Gasteiger partial charge in [0.25, 0.3) is 0 Å². The molecule has 0 radical (unpaired) electrons. The van der Waals surface area contributed by atoms with Crippen LogP contribution in [0, 0.1) is 0 Å². The van der Waals surface area contributed by atoms with Gasteiger partial charge in [-0.2, -0.15) is 0 Å². The molecule has 0 saturated heterocycles. The Labute approximate surface area is 125 Å². The van der Waals surface area contributed by atoms with Crippen LogP contribution in [0.25, 0.3) is 22.2 Å². The Bertz CT molecular complexity index is 766. The lowest BCUT2D eigenvalue weighted by Crippen LogP contribution is -1.90. The molecule has 2 aromatic heterocycles. The minimum absolute atomic E-state index is 0.231. The maximum absolute atomic E-state index is 6.20. The van der Waals surface area contributed by atoms with Gasteiger partial charge in [0.15, 0.2) is 0 Å². The van der Waals surface area contributed by atoms with Crippen molar-refractivity contribution in [2.45, 2.75) is 0 Å². The number of hydrogen-bond acceptors (Lipinski definition) is 2. The van der Waals surface area contributed by atoms with Crippen LogP contribution in [0.2, 0.25) is 15.2 Å². The number of benzene rings is 1. The monoisotopic (exact) mass is 308 g/mol. The lowest BCUT2D eigenvalue weighted by atomic mass is 10.1. The number of nitrogens with zero attached hydrogens (tertiary/aromatic N) is 2. The lowest BCUT2D eigenvalue weighted by Gasteiger charge is -2.08. The highest BCUT2D eigenvalue weighted by Crippen LogP contribution is 2.34.